The molecule has 2 aromatic carbocycles. The van der Waals surface area contributed by atoms with E-state index in [1.54, 1.807) is 12.1 Å². The van der Waals surface area contributed by atoms with Gasteiger partial charge in [0.2, 0.25) is 0 Å². The van der Waals surface area contributed by atoms with Crippen LogP contribution in [0.4, 0.5) is 10.1 Å². The number of ether oxygens (including phenoxy) is 1. The highest BCUT2D eigenvalue weighted by atomic mass is 35.5. The van der Waals surface area contributed by atoms with Crippen LogP contribution in [0.5, 0.6) is 0 Å². The first kappa shape index (κ1) is 24.8. The molecule has 1 saturated heterocycles. The van der Waals surface area contributed by atoms with Gasteiger partial charge in [-0.15, -0.1) is 0 Å². The summed E-state index contributed by atoms with van der Waals surface area (Å²) in [5, 5.41) is 18.4. The maximum absolute atomic E-state index is 14.1. The first-order valence-corrected chi connectivity index (χ1v) is 13.0. The van der Waals surface area contributed by atoms with Crippen molar-refractivity contribution in [1.82, 2.24) is 4.57 Å². The molecule has 1 aliphatic heterocycles. The third kappa shape index (κ3) is 4.62. The van der Waals surface area contributed by atoms with Crippen molar-refractivity contribution in [1.29, 1.82) is 5.41 Å². The minimum atomic E-state index is -0.701. The number of halogens is 2. The Morgan fingerprint density at radius 2 is 1.89 bits per heavy atom. The maximum atomic E-state index is 14.1. The topological polar surface area (TPSA) is 101 Å². The van der Waals surface area contributed by atoms with E-state index < -0.39 is 11.8 Å². The number of anilines is 1. The van der Waals surface area contributed by atoms with Crippen LogP contribution in [-0.2, 0) is 16.0 Å². The van der Waals surface area contributed by atoms with Crippen molar-refractivity contribution in [3.05, 3.63) is 58.0 Å². The number of nitrogens with two attached hydrogens (primary N) is 1. The molecule has 2 heterocycles. The minimum absolute atomic E-state index is 0.0588. The lowest BCUT2D eigenvalue weighted by Gasteiger charge is -2.29. The van der Waals surface area contributed by atoms with Gasteiger partial charge in [0.1, 0.15) is 5.82 Å². The van der Waals surface area contributed by atoms with E-state index in [-0.39, 0.29) is 16.9 Å². The van der Waals surface area contributed by atoms with E-state index in [0.717, 1.165) is 54.4 Å². The second kappa shape index (κ2) is 10.2. The van der Waals surface area contributed by atoms with Gasteiger partial charge >= 0.3 is 5.97 Å². The molecule has 1 aliphatic carbocycles. The molecule has 2 fully saturated rings. The number of aromatic nitrogens is 1. The minimum Gasteiger partial charge on any atom is -0.481 e. The summed E-state index contributed by atoms with van der Waals surface area (Å²) in [6.45, 7) is 1.35. The monoisotopic (exact) mass is 511 g/mol. The number of nitrogen functional groups attached to an aromatic ring is 1. The van der Waals surface area contributed by atoms with Crippen LogP contribution in [0.15, 0.2) is 30.3 Å². The number of benzene rings is 2. The molecule has 5 rings (SSSR count). The molecule has 36 heavy (non-hydrogen) atoms. The lowest BCUT2D eigenvalue weighted by Crippen LogP contribution is -2.23. The normalized spacial score (nSPS) is 21.1. The van der Waals surface area contributed by atoms with Crippen LogP contribution in [0.1, 0.15) is 61.3 Å². The van der Waals surface area contributed by atoms with Gasteiger partial charge in [0.25, 0.3) is 0 Å². The van der Waals surface area contributed by atoms with Crippen LogP contribution >= 0.6 is 11.6 Å². The van der Waals surface area contributed by atoms with Crippen LogP contribution in [0.3, 0.4) is 0 Å². The van der Waals surface area contributed by atoms with Gasteiger partial charge in [-0.05, 0) is 86.8 Å². The van der Waals surface area contributed by atoms with E-state index >= 15 is 0 Å². The van der Waals surface area contributed by atoms with Gasteiger partial charge in [0.05, 0.1) is 16.5 Å². The maximum Gasteiger partial charge on any atom is 0.306 e. The van der Waals surface area contributed by atoms with Gasteiger partial charge in [0, 0.05) is 53.4 Å². The highest BCUT2D eigenvalue weighted by molar-refractivity contribution is 6.30. The summed E-state index contributed by atoms with van der Waals surface area (Å²) in [7, 11) is 0. The average Bonchev–Trinajstić information content (AvgIpc) is 3.18. The second-order valence-corrected chi connectivity index (χ2v) is 10.5. The fraction of sp³-hybridized carbons (Fsp3) is 0.429. The SMILES string of the molecule is N=Cc1cc2c(cc1N)c(CC1CCC(C(=O)O)CC1)c(C1CCOCC1)n2-c1ccc(F)c(Cl)c1. The fourth-order valence-corrected chi connectivity index (χ4v) is 6.17. The molecule has 0 radical (unpaired) electrons. The van der Waals surface area contributed by atoms with Crippen LogP contribution in [0, 0.1) is 23.1 Å². The zero-order chi connectivity index (χ0) is 25.4. The van der Waals surface area contributed by atoms with E-state index in [1.165, 1.54) is 17.8 Å². The molecule has 190 valence electrons. The summed E-state index contributed by atoms with van der Waals surface area (Å²) in [6.07, 6.45) is 6.94. The lowest BCUT2D eigenvalue weighted by atomic mass is 9.78. The lowest BCUT2D eigenvalue weighted by molar-refractivity contribution is -0.143. The average molecular weight is 512 g/mol. The van der Waals surface area contributed by atoms with Crippen molar-refractivity contribution in [2.45, 2.75) is 50.9 Å². The molecule has 0 bridgehead atoms. The quantitative estimate of drug-likeness (QED) is 0.266. The number of hydrogen-bond acceptors (Lipinski definition) is 4. The van der Waals surface area contributed by atoms with Crippen molar-refractivity contribution in [3.8, 4) is 5.69 Å². The van der Waals surface area contributed by atoms with Crippen molar-refractivity contribution >= 4 is 40.4 Å². The summed E-state index contributed by atoms with van der Waals surface area (Å²) in [6, 6.07) is 8.67. The zero-order valence-electron chi connectivity index (χ0n) is 20.1. The number of carboxylic acids is 1. The van der Waals surface area contributed by atoms with E-state index in [1.807, 2.05) is 12.1 Å². The molecular weight excluding hydrogens is 481 g/mol. The molecule has 3 aromatic rings. The Labute approximate surface area is 214 Å². The van der Waals surface area contributed by atoms with Crippen molar-refractivity contribution in [3.63, 3.8) is 0 Å². The number of carboxylic acid groups (broad SMARTS) is 1. The highest BCUT2D eigenvalue weighted by Gasteiger charge is 2.31. The first-order chi connectivity index (χ1) is 17.4. The zero-order valence-corrected chi connectivity index (χ0v) is 20.9. The summed E-state index contributed by atoms with van der Waals surface area (Å²) < 4.78 is 21.9. The summed E-state index contributed by atoms with van der Waals surface area (Å²) in [5.74, 6) is -0.814. The predicted octanol–water partition coefficient (Wildman–Crippen LogP) is 6.33. The van der Waals surface area contributed by atoms with Gasteiger partial charge in [0.15, 0.2) is 0 Å². The molecule has 2 aliphatic rings. The molecular formula is C28H31ClFN3O3. The number of nitrogens with one attached hydrogen (secondary N) is 1. The number of fused-ring (bicyclic) bond motifs is 1. The Hall–Kier alpha value is -2.90. The van der Waals surface area contributed by atoms with E-state index in [4.69, 9.17) is 27.5 Å². The summed E-state index contributed by atoms with van der Waals surface area (Å²) in [4.78, 5) is 11.5. The standard InChI is InChI=1S/C28H31ClFN3O3/c29-23-13-20(5-6-24(23)30)33-26-12-19(15-31)25(32)14-21(26)22(27(33)17-7-9-36-10-8-17)11-16-1-3-18(4-2-16)28(34)35/h5-6,12-18,31H,1-4,7-11,32H2,(H,34,35). The van der Waals surface area contributed by atoms with Crippen LogP contribution in [0.25, 0.3) is 16.6 Å². The molecule has 6 nitrogen and oxygen atoms in total. The molecule has 0 atom stereocenters. The second-order valence-electron chi connectivity index (χ2n) is 10.1. The van der Waals surface area contributed by atoms with Gasteiger partial charge in [-0.1, -0.05) is 11.6 Å². The van der Waals surface area contributed by atoms with Gasteiger partial charge in [-0.3, -0.25) is 4.79 Å². The molecule has 1 saturated carbocycles. The Bertz CT molecular complexity index is 1310. The Balaban J connectivity index is 1.70. The molecule has 4 N–H and O–H groups in total. The number of carbonyl (C=O) groups is 1. The van der Waals surface area contributed by atoms with Crippen LogP contribution in [0.2, 0.25) is 5.02 Å². The Morgan fingerprint density at radius 3 is 2.53 bits per heavy atom. The Kier molecular flexibility index (Phi) is 7.04. The highest BCUT2D eigenvalue weighted by Crippen LogP contribution is 2.43. The number of hydrogen-bond donors (Lipinski definition) is 3. The van der Waals surface area contributed by atoms with Crippen molar-refractivity contribution < 1.29 is 19.0 Å². The van der Waals surface area contributed by atoms with Gasteiger partial charge in [-0.2, -0.15) is 0 Å². The van der Waals surface area contributed by atoms with E-state index in [9.17, 15) is 14.3 Å². The van der Waals surface area contributed by atoms with E-state index in [2.05, 4.69) is 4.57 Å². The molecule has 0 unspecified atom stereocenters. The van der Waals surface area contributed by atoms with Crippen LogP contribution < -0.4 is 5.73 Å². The largest absolute Gasteiger partial charge is 0.481 e. The predicted molar refractivity (Wildman–Crippen MR) is 140 cm³/mol. The van der Waals surface area contributed by atoms with Crippen molar-refractivity contribution in [2.24, 2.45) is 11.8 Å². The van der Waals surface area contributed by atoms with Crippen LogP contribution in [-0.4, -0.2) is 35.1 Å². The van der Waals surface area contributed by atoms with Gasteiger partial charge in [-0.25, -0.2) is 4.39 Å². The number of rotatable bonds is 6. The Morgan fingerprint density at radius 1 is 1.17 bits per heavy atom. The van der Waals surface area contributed by atoms with Gasteiger partial charge < -0.3 is 25.6 Å². The third-order valence-corrected chi connectivity index (χ3v) is 8.22. The number of nitrogens with zero attached hydrogens (tertiary/aromatic N) is 1. The number of aliphatic carboxylic acids is 1. The first-order valence-electron chi connectivity index (χ1n) is 12.6. The molecule has 8 heteroatoms. The third-order valence-electron chi connectivity index (χ3n) is 7.93. The molecule has 1 aromatic heterocycles. The van der Waals surface area contributed by atoms with E-state index in [0.29, 0.717) is 43.2 Å². The molecule has 0 spiro atoms. The fourth-order valence-electron chi connectivity index (χ4n) is 5.99. The molecule has 0 amide bonds. The summed E-state index contributed by atoms with van der Waals surface area (Å²) >= 11 is 6.23. The van der Waals surface area contributed by atoms with Crippen molar-refractivity contribution in [2.75, 3.05) is 18.9 Å². The summed E-state index contributed by atoms with van der Waals surface area (Å²) in [5.41, 5.74) is 11.6. The smallest absolute Gasteiger partial charge is 0.306 e.